The van der Waals surface area contributed by atoms with Gasteiger partial charge in [0.2, 0.25) is 11.6 Å². The number of fused-ring (bicyclic) bond motifs is 6. The largest absolute Gasteiger partial charge is 0.356 e. The lowest BCUT2D eigenvalue weighted by atomic mass is 9.78. The maximum absolute atomic E-state index is 12.7. The topological polar surface area (TPSA) is 279 Å². The van der Waals surface area contributed by atoms with Crippen molar-refractivity contribution in [3.05, 3.63) is 107 Å². The first-order valence-electron chi connectivity index (χ1n) is 23.8. The number of nitrogens with one attached hydrogen (secondary N) is 1. The van der Waals surface area contributed by atoms with E-state index in [0.29, 0.717) is 61.4 Å². The number of hydrogen-bond acceptors (Lipinski definition) is 11. The number of amides is 1. The number of allylic oxidation sites excluding steroid dienone is 8. The van der Waals surface area contributed by atoms with Crippen molar-refractivity contribution in [3.63, 3.8) is 0 Å². The fourth-order valence-corrected chi connectivity index (χ4v) is 13.3. The second kappa shape index (κ2) is 20.7. The Hall–Kier alpha value is -5.10. The quantitative estimate of drug-likeness (QED) is 0.0292. The van der Waals surface area contributed by atoms with Crippen LogP contribution in [0, 0.1) is 0 Å². The molecule has 0 bridgehead atoms. The Morgan fingerprint density at radius 1 is 0.681 bits per heavy atom. The lowest BCUT2D eigenvalue weighted by Crippen LogP contribution is -2.27. The number of unbranched alkanes of at least 4 members (excludes halogenated alkanes) is 5. The third-order valence-corrected chi connectivity index (χ3v) is 17.5. The van der Waals surface area contributed by atoms with Crippen LogP contribution >= 0.6 is 0 Å². The van der Waals surface area contributed by atoms with Gasteiger partial charge in [0.1, 0.15) is 16.8 Å². The monoisotopic (exact) mass is 1070 g/mol. The van der Waals surface area contributed by atoms with Crippen LogP contribution in [0.5, 0.6) is 0 Å². The maximum Gasteiger partial charge on any atom is 0.295 e. The molecule has 2 heterocycles. The van der Waals surface area contributed by atoms with Gasteiger partial charge in [-0.1, -0.05) is 57.4 Å². The molecule has 4 aromatic carbocycles. The summed E-state index contributed by atoms with van der Waals surface area (Å²) in [6.07, 6.45) is 18.7. The lowest BCUT2D eigenvalue weighted by Gasteiger charge is -2.27. The summed E-state index contributed by atoms with van der Waals surface area (Å²) in [4.78, 5) is 12.1. The Morgan fingerprint density at radius 3 is 1.86 bits per heavy atom. The SMILES string of the molecule is C[N+]1=C(/C=C/C2=CC(=C\C=C3/N(CCCCCC(=O)NCCCCCCN)c4ccc5c(S(=O)(=O)O)cc(S(=O)(=O)O)cc5c4C3(C)C)/CCC2)C(C)(C)c2c1ccc1c(S(=O)(=O)O)cc(S(=O)(=O)O)cc21. The van der Waals surface area contributed by atoms with Gasteiger partial charge in [-0.2, -0.15) is 38.2 Å². The van der Waals surface area contributed by atoms with E-state index in [2.05, 4.69) is 16.3 Å². The van der Waals surface area contributed by atoms with Gasteiger partial charge in [-0.15, -0.1) is 0 Å². The smallest absolute Gasteiger partial charge is 0.295 e. The molecule has 4 aromatic rings. The van der Waals surface area contributed by atoms with Crippen molar-refractivity contribution >= 4 is 85.0 Å². The van der Waals surface area contributed by atoms with Crippen molar-refractivity contribution in [2.75, 3.05) is 31.6 Å². The van der Waals surface area contributed by atoms with Crippen LogP contribution in [-0.2, 0) is 56.1 Å². The molecule has 7 N–H and O–H groups in total. The molecule has 72 heavy (non-hydrogen) atoms. The van der Waals surface area contributed by atoms with Crippen molar-refractivity contribution in [3.8, 4) is 0 Å². The number of rotatable bonds is 19. The Morgan fingerprint density at radius 2 is 1.26 bits per heavy atom. The van der Waals surface area contributed by atoms with E-state index in [9.17, 15) is 56.7 Å². The molecule has 17 nitrogen and oxygen atoms in total. The van der Waals surface area contributed by atoms with E-state index in [0.717, 1.165) is 86.1 Å². The molecule has 0 saturated heterocycles. The van der Waals surface area contributed by atoms with Gasteiger partial charge >= 0.3 is 0 Å². The van der Waals surface area contributed by atoms with Crippen LogP contribution in [0.25, 0.3) is 21.5 Å². The molecule has 0 radical (unpaired) electrons. The summed E-state index contributed by atoms with van der Waals surface area (Å²) in [5, 5.41) is 3.65. The fraction of sp³-hybridized carbons (Fsp3) is 0.412. The van der Waals surface area contributed by atoms with E-state index >= 15 is 0 Å². The Balaban J connectivity index is 1.21. The van der Waals surface area contributed by atoms with Crippen LogP contribution in [0.2, 0.25) is 0 Å². The van der Waals surface area contributed by atoms with Crippen LogP contribution in [0.15, 0.2) is 115 Å². The summed E-state index contributed by atoms with van der Waals surface area (Å²) < 4.78 is 142. The summed E-state index contributed by atoms with van der Waals surface area (Å²) in [5.74, 6) is -0.01000. The number of nitrogens with two attached hydrogens (primary N) is 1. The van der Waals surface area contributed by atoms with Crippen molar-refractivity contribution in [1.29, 1.82) is 0 Å². The van der Waals surface area contributed by atoms with Gasteiger partial charge in [-0.05, 0) is 135 Å². The molecule has 0 fully saturated rings. The average molecular weight is 1070 g/mol. The van der Waals surface area contributed by atoms with Gasteiger partial charge in [0.15, 0.2) is 5.71 Å². The number of nitrogens with zero attached hydrogens (tertiary/aromatic N) is 2. The molecule has 2 aliphatic heterocycles. The van der Waals surface area contributed by atoms with Gasteiger partial charge in [0.25, 0.3) is 40.5 Å². The molecule has 0 aromatic heterocycles. The third-order valence-electron chi connectivity index (χ3n) is 14.0. The van der Waals surface area contributed by atoms with Crippen LogP contribution in [0.1, 0.15) is 109 Å². The van der Waals surface area contributed by atoms with Crippen LogP contribution in [0.4, 0.5) is 11.4 Å². The minimum atomic E-state index is -4.94. The van der Waals surface area contributed by atoms with E-state index in [1.807, 2.05) is 63.6 Å². The standard InChI is InChI=1S/C51H62N4O13S4/c1-50(2)45(54(5)41-21-19-37-39(48(41)50)29-35(69(57,58)59)31-43(37)71(63,64)65)23-17-33-14-13-15-34(28-33)18-24-46-51(3,4)49-40-30-36(70(60,61)62)32-44(72(66,67)68)38(40)20-22-42(49)55(46)27-12-8-9-16-47(56)53-26-11-7-6-10-25-52/h17-24,28-32H,6-16,25-27,52H2,1-5H3,(H4-,53,56,57,58,59,60,61,62,63,64,65,66,67,68)/p+1. The van der Waals surface area contributed by atoms with Crippen LogP contribution < -0.4 is 16.0 Å². The van der Waals surface area contributed by atoms with Crippen molar-refractivity contribution in [1.82, 2.24) is 5.32 Å². The average Bonchev–Trinajstić information content (AvgIpc) is 3.63. The predicted molar refractivity (Wildman–Crippen MR) is 278 cm³/mol. The molecule has 3 aliphatic rings. The maximum atomic E-state index is 12.7. The zero-order valence-electron chi connectivity index (χ0n) is 41.0. The van der Waals surface area contributed by atoms with E-state index < -0.39 is 70.9 Å². The van der Waals surface area contributed by atoms with Crippen molar-refractivity contribution in [2.45, 2.75) is 129 Å². The number of carbonyl (C=O) groups is 1. The number of hydrogen-bond donors (Lipinski definition) is 6. The molecular weight excluding hydrogens is 1000 g/mol. The molecule has 0 spiro atoms. The highest BCUT2D eigenvalue weighted by molar-refractivity contribution is 7.87. The predicted octanol–water partition coefficient (Wildman–Crippen LogP) is 8.46. The molecule has 0 saturated carbocycles. The summed E-state index contributed by atoms with van der Waals surface area (Å²) in [6, 6.07) is 10.4. The zero-order chi connectivity index (χ0) is 52.8. The minimum absolute atomic E-state index is 0.01000. The van der Waals surface area contributed by atoms with Crippen LogP contribution in [0.3, 0.4) is 0 Å². The Bertz CT molecular complexity index is 3500. The highest BCUT2D eigenvalue weighted by Gasteiger charge is 2.45. The summed E-state index contributed by atoms with van der Waals surface area (Å²) in [7, 11) is -17.8. The first-order valence-corrected chi connectivity index (χ1v) is 29.6. The minimum Gasteiger partial charge on any atom is -0.356 e. The van der Waals surface area contributed by atoms with Gasteiger partial charge < -0.3 is 16.0 Å². The first kappa shape index (κ1) is 54.7. The Labute approximate surface area is 422 Å². The Kier molecular flexibility index (Phi) is 15.7. The molecule has 21 heteroatoms. The molecular formula is C51H63N4O13S4+. The van der Waals surface area contributed by atoms with E-state index in [1.54, 1.807) is 12.1 Å². The molecule has 0 atom stereocenters. The van der Waals surface area contributed by atoms with Crippen molar-refractivity contribution < 1.29 is 61.3 Å². The first-order chi connectivity index (χ1) is 33.6. The van der Waals surface area contributed by atoms with Gasteiger partial charge in [0.05, 0.1) is 15.2 Å². The van der Waals surface area contributed by atoms with Crippen LogP contribution in [-0.4, -0.2) is 94.8 Å². The normalized spacial score (nSPS) is 18.2. The van der Waals surface area contributed by atoms with Gasteiger partial charge in [0, 0.05) is 64.8 Å². The highest BCUT2D eigenvalue weighted by atomic mass is 32.2. The van der Waals surface area contributed by atoms with Gasteiger partial charge in [-0.3, -0.25) is 23.0 Å². The second-order valence-corrected chi connectivity index (χ2v) is 25.4. The molecule has 388 valence electrons. The summed E-state index contributed by atoms with van der Waals surface area (Å²) in [6.45, 7) is 9.49. The van der Waals surface area contributed by atoms with Crippen molar-refractivity contribution in [2.24, 2.45) is 5.73 Å². The molecule has 1 aliphatic carbocycles. The lowest BCUT2D eigenvalue weighted by molar-refractivity contribution is -0.401. The second-order valence-electron chi connectivity index (χ2n) is 19.8. The van der Waals surface area contributed by atoms with E-state index in [1.165, 1.54) is 24.3 Å². The summed E-state index contributed by atoms with van der Waals surface area (Å²) in [5.41, 5.74) is 10.1. The number of carbonyl (C=O) groups excluding carboxylic acids is 1. The number of benzene rings is 4. The molecule has 1 amide bonds. The molecule has 0 unspecified atom stereocenters. The van der Waals surface area contributed by atoms with E-state index in [4.69, 9.17) is 5.73 Å². The zero-order valence-corrected chi connectivity index (χ0v) is 44.2. The summed E-state index contributed by atoms with van der Waals surface area (Å²) >= 11 is 0. The highest BCUT2D eigenvalue weighted by Crippen LogP contribution is 2.52. The van der Waals surface area contributed by atoms with Gasteiger partial charge in [-0.25, -0.2) is 0 Å². The third kappa shape index (κ3) is 11.3. The number of anilines is 1. The fourth-order valence-electron chi connectivity index (χ4n) is 10.6. The van der Waals surface area contributed by atoms with E-state index in [-0.39, 0.29) is 27.5 Å². The molecule has 7 rings (SSSR count).